The Hall–Kier alpha value is -4.62. The van der Waals surface area contributed by atoms with Gasteiger partial charge in [0.15, 0.2) is 5.78 Å². The molecule has 0 unspecified atom stereocenters. The van der Waals surface area contributed by atoms with Gasteiger partial charge in [0.1, 0.15) is 30.4 Å². The Morgan fingerprint density at radius 2 is 1.07 bits per heavy atom. The molecule has 0 spiro atoms. The Morgan fingerprint density at radius 3 is 1.61 bits per heavy atom. The van der Waals surface area contributed by atoms with Crippen molar-refractivity contribution in [2.24, 2.45) is 11.5 Å². The van der Waals surface area contributed by atoms with Gasteiger partial charge in [0.05, 0.1) is 31.5 Å². The molecule has 308 valence electrons. The summed E-state index contributed by atoms with van der Waals surface area (Å²) in [6, 6.07) is -6.94. The Labute approximate surface area is 317 Å². The van der Waals surface area contributed by atoms with Crippen LogP contribution in [0.2, 0.25) is 0 Å². The van der Waals surface area contributed by atoms with Crippen LogP contribution in [0.3, 0.4) is 0 Å². The number of nitrogens with one attached hydrogen (secondary N) is 6. The van der Waals surface area contributed by atoms with Gasteiger partial charge in [-0.1, -0.05) is 65.2 Å². The number of aliphatic hydroxyl groups is 2. The molecule has 15 N–H and O–H groups in total. The second-order valence-electron chi connectivity index (χ2n) is 13.1. The normalized spacial score (nSPS) is 14.0. The predicted octanol–water partition coefficient (Wildman–Crippen LogP) is -2.87. The average molecular weight is 771 g/mol. The van der Waals surface area contributed by atoms with Gasteiger partial charge in [-0.2, -0.15) is 0 Å². The molecule has 0 radical (unpaired) electrons. The summed E-state index contributed by atoms with van der Waals surface area (Å²) in [4.78, 5) is 101. The molecule has 0 aliphatic rings. The summed E-state index contributed by atoms with van der Waals surface area (Å²) >= 11 is 0. The highest BCUT2D eigenvalue weighted by Gasteiger charge is 2.32. The first-order valence-corrected chi connectivity index (χ1v) is 18.6. The number of nitrogens with two attached hydrogens (primary N) is 2. The molecule has 0 rings (SSSR count). The van der Waals surface area contributed by atoms with Gasteiger partial charge in [-0.25, -0.2) is 0 Å². The molecule has 0 fully saturated rings. The van der Waals surface area contributed by atoms with Gasteiger partial charge in [-0.3, -0.25) is 38.4 Å². The van der Waals surface area contributed by atoms with Gasteiger partial charge < -0.3 is 59.3 Å². The van der Waals surface area contributed by atoms with Crippen LogP contribution >= 0.6 is 0 Å². The molecular formula is C35H64N9O10+. The fraction of sp³-hybridized carbons (Fsp3) is 0.714. The van der Waals surface area contributed by atoms with Crippen LogP contribution < -0.4 is 49.1 Å². The third-order valence-electron chi connectivity index (χ3n) is 8.40. The second-order valence-corrected chi connectivity index (χ2v) is 13.1. The molecule has 0 saturated carbocycles. The molecule has 0 aromatic heterocycles. The van der Waals surface area contributed by atoms with E-state index in [1.165, 1.54) is 19.5 Å². The summed E-state index contributed by atoms with van der Waals surface area (Å²) in [5, 5.41) is 34.0. The van der Waals surface area contributed by atoms with E-state index in [1.54, 1.807) is 0 Å². The molecule has 54 heavy (non-hydrogen) atoms. The van der Waals surface area contributed by atoms with Gasteiger partial charge in [-0.05, 0) is 26.2 Å². The maximum Gasteiger partial charge on any atom is 0.245 e. The van der Waals surface area contributed by atoms with E-state index in [0.29, 0.717) is 19.3 Å². The number of quaternary nitrogens is 1. The Bertz CT molecular complexity index is 1260. The summed E-state index contributed by atoms with van der Waals surface area (Å²) < 4.78 is 0. The van der Waals surface area contributed by atoms with E-state index in [1.807, 2.05) is 6.92 Å². The van der Waals surface area contributed by atoms with Crippen molar-refractivity contribution in [3.63, 3.8) is 0 Å². The van der Waals surface area contributed by atoms with Gasteiger partial charge in [0.2, 0.25) is 41.4 Å². The number of unbranched alkanes of at least 4 members (excludes halogenated alkanes) is 7. The van der Waals surface area contributed by atoms with Crippen molar-refractivity contribution in [2.75, 3.05) is 19.8 Å². The van der Waals surface area contributed by atoms with Gasteiger partial charge in [-0.15, -0.1) is 0 Å². The summed E-state index contributed by atoms with van der Waals surface area (Å²) in [6.07, 6.45) is 9.24. The lowest BCUT2D eigenvalue weighted by Gasteiger charge is -2.26. The number of rotatable bonds is 30. The van der Waals surface area contributed by atoms with Crippen LogP contribution in [0.1, 0.15) is 111 Å². The minimum Gasteiger partial charge on any atom is -0.398 e. The number of primary amides is 1. The Kier molecular flexibility index (Phi) is 26.4. The highest BCUT2D eigenvalue weighted by molar-refractivity contribution is 5.97. The van der Waals surface area contributed by atoms with E-state index in [4.69, 9.17) is 11.5 Å². The number of amides is 7. The number of hydrogen-bond acceptors (Lipinski definition) is 11. The van der Waals surface area contributed by atoms with Crippen LogP contribution in [0.25, 0.3) is 0 Å². The van der Waals surface area contributed by atoms with E-state index in [2.05, 4.69) is 44.6 Å². The van der Waals surface area contributed by atoms with E-state index in [9.17, 15) is 48.6 Å². The molecular weight excluding hydrogens is 706 g/mol. The molecule has 0 aromatic carbocycles. The summed E-state index contributed by atoms with van der Waals surface area (Å²) in [5.74, 6) is -6.10. The van der Waals surface area contributed by atoms with Crippen LogP contribution in [0.4, 0.5) is 0 Å². The van der Waals surface area contributed by atoms with Crippen molar-refractivity contribution in [3.05, 3.63) is 11.9 Å². The smallest absolute Gasteiger partial charge is 0.245 e. The van der Waals surface area contributed by atoms with Crippen molar-refractivity contribution in [1.82, 2.24) is 31.9 Å². The SMILES string of the molecule is CCCCCCCCCC(=O)NCC(=O)N[C@@H](CO)C(=O)N[C@H](CCC(N)=O)C(=O)N[C@@H](C/C(N)=C/[NH3+])C(=O)N[C@@H](CO)C(=O)N[C@@H](CCCC)C(C)=O. The zero-order chi connectivity index (χ0) is 41.1. The monoisotopic (exact) mass is 770 g/mol. The number of carbonyl (C=O) groups excluding carboxylic acids is 8. The first-order chi connectivity index (χ1) is 25.6. The van der Waals surface area contributed by atoms with Crippen molar-refractivity contribution in [2.45, 2.75) is 141 Å². The topological polar surface area (TPSA) is 329 Å². The van der Waals surface area contributed by atoms with Crippen LogP contribution in [0.15, 0.2) is 11.9 Å². The van der Waals surface area contributed by atoms with Crippen LogP contribution in [-0.4, -0.2) is 107 Å². The lowest BCUT2D eigenvalue weighted by molar-refractivity contribution is -0.276. The summed E-state index contributed by atoms with van der Waals surface area (Å²) in [5.41, 5.74) is 14.7. The zero-order valence-corrected chi connectivity index (χ0v) is 32.0. The molecule has 0 saturated heterocycles. The maximum atomic E-state index is 13.5. The predicted molar refractivity (Wildman–Crippen MR) is 198 cm³/mol. The number of hydrogen-bond donors (Lipinski definition) is 11. The Morgan fingerprint density at radius 1 is 0.593 bits per heavy atom. The van der Waals surface area contributed by atoms with Crippen molar-refractivity contribution in [1.29, 1.82) is 0 Å². The standard InChI is InChI=1S/C35H63N9O10/c1-4-6-8-9-10-11-12-14-30(49)39-19-31(50)40-27(20-45)34(53)42-25(15-16-29(38)48)32(51)43-26(17-23(37)18-36)33(52)44-28(21-46)35(54)41-24(22(3)47)13-7-5-2/h18,24-28,45-46H,4-17,19-21,36-37H2,1-3H3,(H2,38,48)(H,39,49)(H,40,50)(H,41,54)(H,42,53)(H,43,51)(H,44,52)/p+1/b23-18-/t24-,25+,26-,27-,28-/m0/s1. The molecule has 0 aromatic rings. The van der Waals surface area contributed by atoms with Gasteiger partial charge >= 0.3 is 0 Å². The van der Waals surface area contributed by atoms with Crippen molar-refractivity contribution >= 4 is 47.1 Å². The summed E-state index contributed by atoms with van der Waals surface area (Å²) in [6.45, 7) is 3.12. The molecule has 0 bridgehead atoms. The third-order valence-corrected chi connectivity index (χ3v) is 8.40. The first kappa shape index (κ1) is 49.4. The molecule has 19 nitrogen and oxygen atoms in total. The number of carbonyl (C=O) groups is 8. The van der Waals surface area contributed by atoms with Gasteiger partial charge in [0, 0.05) is 19.3 Å². The van der Waals surface area contributed by atoms with Crippen LogP contribution in [-0.2, 0) is 38.4 Å². The molecule has 5 atom stereocenters. The third kappa shape index (κ3) is 21.8. The quantitative estimate of drug-likeness (QED) is 0.0330. The fourth-order valence-corrected chi connectivity index (χ4v) is 5.10. The Balaban J connectivity index is 5.63. The van der Waals surface area contributed by atoms with Crippen LogP contribution in [0.5, 0.6) is 0 Å². The van der Waals surface area contributed by atoms with Crippen molar-refractivity contribution < 1.29 is 54.3 Å². The van der Waals surface area contributed by atoms with E-state index in [0.717, 1.165) is 38.5 Å². The van der Waals surface area contributed by atoms with E-state index < -0.39 is 85.4 Å². The highest BCUT2D eigenvalue weighted by atomic mass is 16.3. The fourth-order valence-electron chi connectivity index (χ4n) is 5.10. The lowest BCUT2D eigenvalue weighted by atomic mass is 10.1. The van der Waals surface area contributed by atoms with E-state index >= 15 is 0 Å². The molecule has 0 aliphatic heterocycles. The van der Waals surface area contributed by atoms with Gasteiger partial charge in [0.25, 0.3) is 0 Å². The molecule has 0 aliphatic carbocycles. The molecule has 7 amide bonds. The average Bonchev–Trinajstić information content (AvgIpc) is 3.13. The highest BCUT2D eigenvalue weighted by Crippen LogP contribution is 2.09. The van der Waals surface area contributed by atoms with E-state index in [-0.39, 0.29) is 43.1 Å². The summed E-state index contributed by atoms with van der Waals surface area (Å²) in [7, 11) is 0. The number of ketones is 1. The molecule has 19 heteroatoms. The van der Waals surface area contributed by atoms with Crippen molar-refractivity contribution in [3.8, 4) is 0 Å². The molecule has 0 heterocycles. The minimum absolute atomic E-state index is 0.0481. The zero-order valence-electron chi connectivity index (χ0n) is 32.0. The minimum atomic E-state index is -1.56. The van der Waals surface area contributed by atoms with Crippen LogP contribution in [0, 0.1) is 0 Å². The lowest BCUT2D eigenvalue weighted by Crippen LogP contribution is -2.60. The number of aliphatic hydroxyl groups excluding tert-OH is 2. The first-order valence-electron chi connectivity index (χ1n) is 18.6. The maximum absolute atomic E-state index is 13.5. The second kappa shape index (κ2) is 28.8. The largest absolute Gasteiger partial charge is 0.398 e. The number of Topliss-reactive ketones (excluding diaryl/α,β-unsaturated/α-hetero) is 1.